The van der Waals surface area contributed by atoms with Crippen LogP contribution >= 0.6 is 0 Å². The largest absolute Gasteiger partial charge is 0.375 e. The summed E-state index contributed by atoms with van der Waals surface area (Å²) in [5.74, 6) is 0. The maximum absolute atomic E-state index is 8.79. The number of nitrogens with two attached hydrogens (primary N) is 1. The number of ether oxygens (including phenoxy) is 1. The van der Waals surface area contributed by atoms with E-state index in [2.05, 4.69) is 6.07 Å². The molecular weight excluding hydrogens is 212 g/mol. The number of hydrogen-bond donors (Lipinski definition) is 1. The number of nitriles is 1. The summed E-state index contributed by atoms with van der Waals surface area (Å²) in [6.45, 7) is 1.15. The molecule has 0 saturated heterocycles. The van der Waals surface area contributed by atoms with Crippen molar-refractivity contribution in [1.29, 1.82) is 5.26 Å². The van der Waals surface area contributed by atoms with Gasteiger partial charge in [0.1, 0.15) is 0 Å². The van der Waals surface area contributed by atoms with Gasteiger partial charge >= 0.3 is 0 Å². The Morgan fingerprint density at radius 1 is 1.35 bits per heavy atom. The lowest BCUT2D eigenvalue weighted by atomic mass is 10.0. The molecule has 0 radical (unpaired) electrons. The van der Waals surface area contributed by atoms with Gasteiger partial charge in [0.15, 0.2) is 0 Å². The first-order chi connectivity index (χ1) is 8.22. The number of benzene rings is 1. The van der Waals surface area contributed by atoms with Gasteiger partial charge < -0.3 is 10.5 Å². The average molecular weight is 230 g/mol. The van der Waals surface area contributed by atoms with E-state index in [1.54, 1.807) is 6.07 Å². The molecule has 0 bridgehead atoms. The molecule has 1 fully saturated rings. The summed E-state index contributed by atoms with van der Waals surface area (Å²) >= 11 is 0. The molecule has 2 N–H and O–H groups in total. The maximum Gasteiger partial charge on any atom is 0.0991 e. The van der Waals surface area contributed by atoms with E-state index in [1.165, 1.54) is 12.8 Å². The highest BCUT2D eigenvalue weighted by Gasteiger charge is 2.29. The zero-order valence-electron chi connectivity index (χ0n) is 9.98. The Kier molecular flexibility index (Phi) is 3.78. The summed E-state index contributed by atoms with van der Waals surface area (Å²) in [5.41, 5.74) is 7.79. The number of nitrogens with zero attached hydrogens (tertiary/aromatic N) is 1. The molecule has 0 amide bonds. The van der Waals surface area contributed by atoms with Gasteiger partial charge in [0.05, 0.1) is 24.8 Å². The van der Waals surface area contributed by atoms with Crippen molar-refractivity contribution in [2.24, 2.45) is 5.73 Å². The second kappa shape index (κ2) is 5.31. The molecular formula is C14H18N2O. The lowest BCUT2D eigenvalue weighted by Gasteiger charge is -2.23. The SMILES string of the molecule is N#Cc1cccc(COCC2(N)CCCC2)c1. The summed E-state index contributed by atoms with van der Waals surface area (Å²) in [4.78, 5) is 0. The topological polar surface area (TPSA) is 59.0 Å². The van der Waals surface area contributed by atoms with E-state index in [9.17, 15) is 0 Å². The van der Waals surface area contributed by atoms with Crippen molar-refractivity contribution >= 4 is 0 Å². The van der Waals surface area contributed by atoms with Crippen LogP contribution in [0.15, 0.2) is 24.3 Å². The molecule has 1 aromatic rings. The quantitative estimate of drug-likeness (QED) is 0.863. The zero-order valence-corrected chi connectivity index (χ0v) is 9.98. The Labute approximate surface area is 102 Å². The summed E-state index contributed by atoms with van der Waals surface area (Å²) < 4.78 is 5.67. The molecule has 0 aliphatic heterocycles. The fourth-order valence-electron chi connectivity index (χ4n) is 2.33. The van der Waals surface area contributed by atoms with Gasteiger partial charge in [0.2, 0.25) is 0 Å². The average Bonchev–Trinajstić information content (AvgIpc) is 2.77. The molecule has 17 heavy (non-hydrogen) atoms. The first-order valence-electron chi connectivity index (χ1n) is 6.08. The highest BCUT2D eigenvalue weighted by molar-refractivity contribution is 5.32. The molecule has 0 unspecified atom stereocenters. The third-order valence-corrected chi connectivity index (χ3v) is 3.31. The van der Waals surface area contributed by atoms with E-state index in [0.29, 0.717) is 18.8 Å². The van der Waals surface area contributed by atoms with E-state index in [4.69, 9.17) is 15.7 Å². The molecule has 3 heteroatoms. The molecule has 1 aliphatic rings. The van der Waals surface area contributed by atoms with Gasteiger partial charge in [-0.3, -0.25) is 0 Å². The zero-order chi connectivity index (χ0) is 12.1. The van der Waals surface area contributed by atoms with Gasteiger partial charge in [-0.05, 0) is 30.5 Å². The van der Waals surface area contributed by atoms with Crippen LogP contribution in [0.2, 0.25) is 0 Å². The molecule has 1 aliphatic carbocycles. The van der Waals surface area contributed by atoms with Crippen molar-refractivity contribution in [2.75, 3.05) is 6.61 Å². The van der Waals surface area contributed by atoms with Gasteiger partial charge in [0.25, 0.3) is 0 Å². The van der Waals surface area contributed by atoms with Crippen LogP contribution < -0.4 is 5.73 Å². The second-order valence-corrected chi connectivity index (χ2v) is 4.87. The van der Waals surface area contributed by atoms with Crippen molar-refractivity contribution in [3.63, 3.8) is 0 Å². The minimum absolute atomic E-state index is 0.118. The summed E-state index contributed by atoms with van der Waals surface area (Å²) in [5, 5.41) is 8.79. The maximum atomic E-state index is 8.79. The third kappa shape index (κ3) is 3.29. The van der Waals surface area contributed by atoms with Crippen LogP contribution in [-0.4, -0.2) is 12.1 Å². The van der Waals surface area contributed by atoms with Crippen molar-refractivity contribution in [3.05, 3.63) is 35.4 Å². The van der Waals surface area contributed by atoms with Crippen molar-refractivity contribution in [3.8, 4) is 6.07 Å². The lowest BCUT2D eigenvalue weighted by Crippen LogP contribution is -2.41. The van der Waals surface area contributed by atoms with E-state index >= 15 is 0 Å². The molecule has 0 aromatic heterocycles. The number of rotatable bonds is 4. The van der Waals surface area contributed by atoms with E-state index in [0.717, 1.165) is 18.4 Å². The standard InChI is InChI=1S/C14H18N2O/c15-9-12-4-3-5-13(8-12)10-17-11-14(16)6-1-2-7-14/h3-5,8H,1-2,6-7,10-11,16H2. The Hall–Kier alpha value is -1.37. The van der Waals surface area contributed by atoms with Gasteiger partial charge in [-0.25, -0.2) is 0 Å². The molecule has 0 spiro atoms. The van der Waals surface area contributed by atoms with Crippen LogP contribution in [0.25, 0.3) is 0 Å². The molecule has 0 atom stereocenters. The third-order valence-electron chi connectivity index (χ3n) is 3.31. The van der Waals surface area contributed by atoms with E-state index in [-0.39, 0.29) is 5.54 Å². The fraction of sp³-hybridized carbons (Fsp3) is 0.500. The van der Waals surface area contributed by atoms with E-state index < -0.39 is 0 Å². The Balaban J connectivity index is 1.83. The van der Waals surface area contributed by atoms with E-state index in [1.807, 2.05) is 18.2 Å². The summed E-state index contributed by atoms with van der Waals surface area (Å²) in [6, 6.07) is 9.63. The molecule has 1 aromatic carbocycles. The van der Waals surface area contributed by atoms with Gasteiger partial charge in [0, 0.05) is 5.54 Å². The highest BCUT2D eigenvalue weighted by Crippen LogP contribution is 2.27. The normalized spacial score (nSPS) is 17.9. The predicted molar refractivity (Wildman–Crippen MR) is 66.2 cm³/mol. The van der Waals surface area contributed by atoms with Crippen LogP contribution in [0.3, 0.4) is 0 Å². The molecule has 0 heterocycles. The van der Waals surface area contributed by atoms with Crippen molar-refractivity contribution < 1.29 is 4.74 Å². The lowest BCUT2D eigenvalue weighted by molar-refractivity contribution is 0.0751. The Morgan fingerprint density at radius 2 is 2.12 bits per heavy atom. The van der Waals surface area contributed by atoms with Crippen LogP contribution in [0, 0.1) is 11.3 Å². The van der Waals surface area contributed by atoms with Crippen LogP contribution in [0.4, 0.5) is 0 Å². The summed E-state index contributed by atoms with van der Waals surface area (Å²) in [6.07, 6.45) is 4.55. The molecule has 90 valence electrons. The monoisotopic (exact) mass is 230 g/mol. The minimum atomic E-state index is -0.118. The predicted octanol–water partition coefficient (Wildman–Crippen LogP) is 2.35. The Morgan fingerprint density at radius 3 is 2.82 bits per heavy atom. The van der Waals surface area contributed by atoms with Crippen LogP contribution in [-0.2, 0) is 11.3 Å². The first kappa shape index (κ1) is 12.1. The van der Waals surface area contributed by atoms with Gasteiger partial charge in [-0.2, -0.15) is 5.26 Å². The second-order valence-electron chi connectivity index (χ2n) is 4.87. The molecule has 3 nitrogen and oxygen atoms in total. The van der Waals surface area contributed by atoms with Gasteiger partial charge in [-0.15, -0.1) is 0 Å². The van der Waals surface area contributed by atoms with Gasteiger partial charge in [-0.1, -0.05) is 25.0 Å². The molecule has 2 rings (SSSR count). The highest BCUT2D eigenvalue weighted by atomic mass is 16.5. The van der Waals surface area contributed by atoms with Crippen molar-refractivity contribution in [2.45, 2.75) is 37.8 Å². The minimum Gasteiger partial charge on any atom is -0.375 e. The Bertz CT molecular complexity index is 416. The number of hydrogen-bond acceptors (Lipinski definition) is 3. The van der Waals surface area contributed by atoms with Crippen molar-refractivity contribution in [1.82, 2.24) is 0 Å². The smallest absolute Gasteiger partial charge is 0.0991 e. The van der Waals surface area contributed by atoms with Crippen LogP contribution in [0.1, 0.15) is 36.8 Å². The van der Waals surface area contributed by atoms with Crippen LogP contribution in [0.5, 0.6) is 0 Å². The molecule has 1 saturated carbocycles. The first-order valence-corrected chi connectivity index (χ1v) is 6.08. The summed E-state index contributed by atoms with van der Waals surface area (Å²) in [7, 11) is 0. The fourth-order valence-corrected chi connectivity index (χ4v) is 2.33.